The fraction of sp³-hybridized carbons (Fsp3) is 0.455. The van der Waals surface area contributed by atoms with E-state index in [0.29, 0.717) is 13.2 Å². The highest BCUT2D eigenvalue weighted by molar-refractivity contribution is 5.45. The van der Waals surface area contributed by atoms with E-state index in [4.69, 9.17) is 15.2 Å². The van der Waals surface area contributed by atoms with Gasteiger partial charge in [0.2, 0.25) is 0 Å². The van der Waals surface area contributed by atoms with Crippen molar-refractivity contribution in [3.8, 4) is 11.5 Å². The quantitative estimate of drug-likeness (QED) is 0.728. The number of para-hydroxylation sites is 1. The van der Waals surface area contributed by atoms with Crippen molar-refractivity contribution in [2.75, 3.05) is 20.3 Å². The van der Waals surface area contributed by atoms with E-state index in [1.54, 1.807) is 7.11 Å². The molecule has 0 aliphatic heterocycles. The van der Waals surface area contributed by atoms with Gasteiger partial charge in [0.25, 0.3) is 0 Å². The summed E-state index contributed by atoms with van der Waals surface area (Å²) >= 11 is 0. The molecule has 14 heavy (non-hydrogen) atoms. The topological polar surface area (TPSA) is 44.5 Å². The predicted molar refractivity (Wildman–Crippen MR) is 56.9 cm³/mol. The second-order valence-electron chi connectivity index (χ2n) is 3.10. The SMILES string of the molecule is COc1c(C)cccc1OCCCN. The van der Waals surface area contributed by atoms with Gasteiger partial charge in [-0.2, -0.15) is 0 Å². The molecule has 1 aromatic carbocycles. The number of rotatable bonds is 5. The van der Waals surface area contributed by atoms with E-state index in [1.807, 2.05) is 25.1 Å². The summed E-state index contributed by atoms with van der Waals surface area (Å²) in [6.07, 6.45) is 0.858. The van der Waals surface area contributed by atoms with Gasteiger partial charge in [0.05, 0.1) is 13.7 Å². The highest BCUT2D eigenvalue weighted by atomic mass is 16.5. The minimum atomic E-state index is 0.635. The van der Waals surface area contributed by atoms with Crippen LogP contribution in [-0.4, -0.2) is 20.3 Å². The molecule has 0 saturated heterocycles. The molecule has 0 unspecified atom stereocenters. The Morgan fingerprint density at radius 3 is 2.79 bits per heavy atom. The predicted octanol–water partition coefficient (Wildman–Crippen LogP) is 1.73. The van der Waals surface area contributed by atoms with Crippen LogP contribution in [0.1, 0.15) is 12.0 Å². The van der Waals surface area contributed by atoms with Gasteiger partial charge in [0.15, 0.2) is 11.5 Å². The van der Waals surface area contributed by atoms with Crippen LogP contribution in [0, 0.1) is 6.92 Å². The van der Waals surface area contributed by atoms with Crippen LogP contribution in [0.15, 0.2) is 18.2 Å². The molecule has 3 nitrogen and oxygen atoms in total. The molecule has 0 amide bonds. The van der Waals surface area contributed by atoms with Crippen LogP contribution in [0.25, 0.3) is 0 Å². The summed E-state index contributed by atoms with van der Waals surface area (Å²) in [5, 5.41) is 0. The van der Waals surface area contributed by atoms with Gasteiger partial charge in [-0.05, 0) is 31.5 Å². The molecule has 1 rings (SSSR count). The van der Waals surface area contributed by atoms with Crippen LogP contribution in [0.5, 0.6) is 11.5 Å². The molecule has 0 bridgehead atoms. The number of hydrogen-bond acceptors (Lipinski definition) is 3. The second kappa shape index (κ2) is 5.50. The summed E-state index contributed by atoms with van der Waals surface area (Å²) in [5.41, 5.74) is 6.46. The lowest BCUT2D eigenvalue weighted by molar-refractivity contribution is 0.290. The molecule has 78 valence electrons. The molecule has 0 aromatic heterocycles. The van der Waals surface area contributed by atoms with Crippen molar-refractivity contribution in [2.45, 2.75) is 13.3 Å². The normalized spacial score (nSPS) is 9.93. The molecule has 2 N–H and O–H groups in total. The number of nitrogens with two attached hydrogens (primary N) is 1. The van der Waals surface area contributed by atoms with E-state index in [2.05, 4.69) is 0 Å². The zero-order chi connectivity index (χ0) is 10.4. The molecule has 0 aliphatic rings. The van der Waals surface area contributed by atoms with Crippen molar-refractivity contribution < 1.29 is 9.47 Å². The van der Waals surface area contributed by atoms with Crippen molar-refractivity contribution >= 4 is 0 Å². The second-order valence-corrected chi connectivity index (χ2v) is 3.10. The summed E-state index contributed by atoms with van der Waals surface area (Å²) in [5.74, 6) is 1.60. The minimum absolute atomic E-state index is 0.635. The molecule has 1 aromatic rings. The zero-order valence-electron chi connectivity index (χ0n) is 8.75. The summed E-state index contributed by atoms with van der Waals surface area (Å²) in [4.78, 5) is 0. The average molecular weight is 195 g/mol. The van der Waals surface area contributed by atoms with Gasteiger partial charge in [-0.25, -0.2) is 0 Å². The summed E-state index contributed by atoms with van der Waals surface area (Å²) < 4.78 is 10.8. The number of ether oxygens (including phenoxy) is 2. The Hall–Kier alpha value is -1.22. The molecule has 0 heterocycles. The van der Waals surface area contributed by atoms with Crippen molar-refractivity contribution in [2.24, 2.45) is 5.73 Å². The molecule has 0 fully saturated rings. The number of methoxy groups -OCH3 is 1. The minimum Gasteiger partial charge on any atom is -0.493 e. The van der Waals surface area contributed by atoms with Crippen molar-refractivity contribution in [3.05, 3.63) is 23.8 Å². The Bertz CT molecular complexity index is 287. The van der Waals surface area contributed by atoms with E-state index in [1.165, 1.54) is 0 Å². The van der Waals surface area contributed by atoms with Crippen LogP contribution >= 0.6 is 0 Å². The van der Waals surface area contributed by atoms with Crippen molar-refractivity contribution in [1.82, 2.24) is 0 Å². The Morgan fingerprint density at radius 1 is 1.36 bits per heavy atom. The molecule has 0 saturated carbocycles. The third-order valence-electron chi connectivity index (χ3n) is 1.99. The van der Waals surface area contributed by atoms with E-state index in [-0.39, 0.29) is 0 Å². The maximum absolute atomic E-state index is 5.54. The Kier molecular flexibility index (Phi) is 4.26. The lowest BCUT2D eigenvalue weighted by atomic mass is 10.2. The maximum atomic E-state index is 5.54. The first-order chi connectivity index (χ1) is 6.79. The molecule has 0 spiro atoms. The van der Waals surface area contributed by atoms with Gasteiger partial charge in [-0.15, -0.1) is 0 Å². The molecule has 0 aliphatic carbocycles. The molecule has 0 atom stereocenters. The van der Waals surface area contributed by atoms with Crippen LogP contribution in [0.3, 0.4) is 0 Å². The standard InChI is InChI=1S/C11H17NO2/c1-9-5-3-6-10(11(9)13-2)14-8-4-7-12/h3,5-6H,4,7-8,12H2,1-2H3. The summed E-state index contributed by atoms with van der Waals surface area (Å²) in [7, 11) is 1.65. The highest BCUT2D eigenvalue weighted by Crippen LogP contribution is 2.30. The fourth-order valence-electron chi connectivity index (χ4n) is 1.27. The maximum Gasteiger partial charge on any atom is 0.163 e. The highest BCUT2D eigenvalue weighted by Gasteiger charge is 2.05. The van der Waals surface area contributed by atoms with Crippen LogP contribution in [0.2, 0.25) is 0 Å². The zero-order valence-corrected chi connectivity index (χ0v) is 8.75. The Morgan fingerprint density at radius 2 is 2.14 bits per heavy atom. The summed E-state index contributed by atoms with van der Waals surface area (Å²) in [6.45, 7) is 3.28. The monoisotopic (exact) mass is 195 g/mol. The number of hydrogen-bond donors (Lipinski definition) is 1. The van der Waals surface area contributed by atoms with Crippen molar-refractivity contribution in [1.29, 1.82) is 0 Å². The van der Waals surface area contributed by atoms with Gasteiger partial charge < -0.3 is 15.2 Å². The lowest BCUT2D eigenvalue weighted by Crippen LogP contribution is -2.06. The van der Waals surface area contributed by atoms with E-state index < -0.39 is 0 Å². The lowest BCUT2D eigenvalue weighted by Gasteiger charge is -2.11. The summed E-state index contributed by atoms with van der Waals surface area (Å²) in [6, 6.07) is 5.85. The molecule has 0 radical (unpaired) electrons. The van der Waals surface area contributed by atoms with Gasteiger partial charge in [0, 0.05) is 0 Å². The third-order valence-corrected chi connectivity index (χ3v) is 1.99. The smallest absolute Gasteiger partial charge is 0.163 e. The van der Waals surface area contributed by atoms with E-state index >= 15 is 0 Å². The van der Waals surface area contributed by atoms with Crippen molar-refractivity contribution in [3.63, 3.8) is 0 Å². The first-order valence-corrected chi connectivity index (χ1v) is 4.76. The van der Waals surface area contributed by atoms with Crippen LogP contribution in [0.4, 0.5) is 0 Å². The first-order valence-electron chi connectivity index (χ1n) is 4.76. The van der Waals surface area contributed by atoms with Crippen LogP contribution in [-0.2, 0) is 0 Å². The van der Waals surface area contributed by atoms with Crippen LogP contribution < -0.4 is 15.2 Å². The first kappa shape index (κ1) is 10.9. The molecule has 3 heteroatoms. The van der Waals surface area contributed by atoms with Gasteiger partial charge >= 0.3 is 0 Å². The Balaban J connectivity index is 2.70. The number of aryl methyl sites for hydroxylation is 1. The van der Waals surface area contributed by atoms with Gasteiger partial charge in [-0.3, -0.25) is 0 Å². The van der Waals surface area contributed by atoms with Gasteiger partial charge in [-0.1, -0.05) is 12.1 Å². The molecular formula is C11H17NO2. The molecular weight excluding hydrogens is 178 g/mol. The Labute approximate surface area is 84.8 Å². The van der Waals surface area contributed by atoms with Gasteiger partial charge in [0.1, 0.15) is 0 Å². The largest absolute Gasteiger partial charge is 0.493 e. The number of benzene rings is 1. The average Bonchev–Trinajstić information content (AvgIpc) is 2.18. The van der Waals surface area contributed by atoms with E-state index in [9.17, 15) is 0 Å². The van der Waals surface area contributed by atoms with E-state index in [0.717, 1.165) is 23.5 Å². The fourth-order valence-corrected chi connectivity index (χ4v) is 1.27. The third kappa shape index (κ3) is 2.64.